The molecule has 8 heteroatoms. The minimum absolute atomic E-state index is 0.0112. The Morgan fingerprint density at radius 1 is 1.33 bits per heavy atom. The standard InChI is InChI=1S/C16H13ClF2N4O/c17-15-14-8(3-4-21-15)5-13(23-14)16(24)22-7-12(20)10-2-1-9(18)6-11(10)19/h1-6,12,23H,7,20H2,(H,22,24). The number of nitrogens with one attached hydrogen (secondary N) is 2. The second-order valence-corrected chi connectivity index (χ2v) is 5.59. The number of hydrogen-bond donors (Lipinski definition) is 3. The van der Waals surface area contributed by atoms with E-state index in [1.54, 1.807) is 12.1 Å². The number of carbonyl (C=O) groups excluding carboxylic acids is 1. The Kier molecular flexibility index (Phi) is 4.46. The van der Waals surface area contributed by atoms with Crippen LogP contribution in [0.25, 0.3) is 10.9 Å². The normalized spacial score (nSPS) is 12.3. The summed E-state index contributed by atoms with van der Waals surface area (Å²) in [5, 5.41) is 3.61. The van der Waals surface area contributed by atoms with Crippen molar-refractivity contribution >= 4 is 28.4 Å². The molecule has 0 fully saturated rings. The van der Waals surface area contributed by atoms with Crippen LogP contribution in [0.4, 0.5) is 8.78 Å². The maximum atomic E-state index is 13.7. The van der Waals surface area contributed by atoms with E-state index >= 15 is 0 Å². The molecule has 0 spiro atoms. The number of nitrogens with two attached hydrogens (primary N) is 1. The molecule has 124 valence electrons. The summed E-state index contributed by atoms with van der Waals surface area (Å²) in [6.07, 6.45) is 1.54. The minimum Gasteiger partial charge on any atom is -0.349 e. The molecule has 5 nitrogen and oxygen atoms in total. The number of rotatable bonds is 4. The third-order valence-electron chi connectivity index (χ3n) is 3.59. The van der Waals surface area contributed by atoms with Gasteiger partial charge in [-0.1, -0.05) is 17.7 Å². The van der Waals surface area contributed by atoms with Crippen molar-refractivity contribution in [2.75, 3.05) is 6.54 Å². The summed E-state index contributed by atoms with van der Waals surface area (Å²) in [4.78, 5) is 19.0. The molecular weight excluding hydrogens is 338 g/mol. The van der Waals surface area contributed by atoms with Crippen LogP contribution >= 0.6 is 11.6 Å². The van der Waals surface area contributed by atoms with Gasteiger partial charge in [-0.2, -0.15) is 0 Å². The number of fused-ring (bicyclic) bond motifs is 1. The predicted octanol–water partition coefficient (Wildman–Crippen LogP) is 2.92. The monoisotopic (exact) mass is 350 g/mol. The molecule has 1 unspecified atom stereocenters. The van der Waals surface area contributed by atoms with E-state index in [-0.39, 0.29) is 23.0 Å². The quantitative estimate of drug-likeness (QED) is 0.632. The van der Waals surface area contributed by atoms with E-state index in [9.17, 15) is 13.6 Å². The molecule has 0 aliphatic rings. The van der Waals surface area contributed by atoms with Crippen LogP contribution in [0.3, 0.4) is 0 Å². The summed E-state index contributed by atoms with van der Waals surface area (Å²) in [5.74, 6) is -1.85. The van der Waals surface area contributed by atoms with E-state index in [1.807, 2.05) is 0 Å². The zero-order valence-electron chi connectivity index (χ0n) is 12.3. The van der Waals surface area contributed by atoms with Crippen LogP contribution in [-0.4, -0.2) is 22.4 Å². The fourth-order valence-electron chi connectivity index (χ4n) is 2.35. The summed E-state index contributed by atoms with van der Waals surface area (Å²) in [6.45, 7) is -0.0112. The summed E-state index contributed by atoms with van der Waals surface area (Å²) < 4.78 is 26.6. The Labute approximate surface area is 140 Å². The summed E-state index contributed by atoms with van der Waals surface area (Å²) >= 11 is 5.95. The number of hydrogen-bond acceptors (Lipinski definition) is 3. The van der Waals surface area contributed by atoms with Crippen molar-refractivity contribution in [3.63, 3.8) is 0 Å². The van der Waals surface area contributed by atoms with Gasteiger partial charge in [-0.25, -0.2) is 13.8 Å². The van der Waals surface area contributed by atoms with Crippen LogP contribution < -0.4 is 11.1 Å². The van der Waals surface area contributed by atoms with Crippen molar-refractivity contribution in [3.05, 3.63) is 64.6 Å². The molecule has 1 atom stereocenters. The maximum Gasteiger partial charge on any atom is 0.267 e. The summed E-state index contributed by atoms with van der Waals surface area (Å²) in [7, 11) is 0. The van der Waals surface area contributed by atoms with Crippen molar-refractivity contribution in [2.24, 2.45) is 5.73 Å². The lowest BCUT2D eigenvalue weighted by Gasteiger charge is -2.13. The highest BCUT2D eigenvalue weighted by molar-refractivity contribution is 6.33. The zero-order valence-corrected chi connectivity index (χ0v) is 13.1. The molecule has 24 heavy (non-hydrogen) atoms. The molecule has 2 heterocycles. The smallest absolute Gasteiger partial charge is 0.267 e. The molecule has 0 bridgehead atoms. The average Bonchev–Trinajstić information content (AvgIpc) is 2.98. The first kappa shape index (κ1) is 16.4. The Morgan fingerprint density at radius 2 is 2.12 bits per heavy atom. The van der Waals surface area contributed by atoms with E-state index in [1.165, 1.54) is 12.3 Å². The van der Waals surface area contributed by atoms with E-state index in [2.05, 4.69) is 15.3 Å². The van der Waals surface area contributed by atoms with E-state index in [4.69, 9.17) is 17.3 Å². The van der Waals surface area contributed by atoms with Crippen LogP contribution in [0.1, 0.15) is 22.1 Å². The Hall–Kier alpha value is -2.51. The lowest BCUT2D eigenvalue weighted by molar-refractivity contribution is 0.0947. The fourth-order valence-corrected chi connectivity index (χ4v) is 2.57. The molecule has 3 aromatic rings. The molecule has 1 aromatic carbocycles. The summed E-state index contributed by atoms with van der Waals surface area (Å²) in [5.41, 5.74) is 6.82. The number of amides is 1. The second kappa shape index (κ2) is 6.54. The first-order valence-corrected chi connectivity index (χ1v) is 7.45. The fraction of sp³-hybridized carbons (Fsp3) is 0.125. The van der Waals surface area contributed by atoms with Gasteiger partial charge in [-0.05, 0) is 18.2 Å². The van der Waals surface area contributed by atoms with Gasteiger partial charge in [0.2, 0.25) is 0 Å². The molecule has 3 rings (SSSR count). The van der Waals surface area contributed by atoms with Gasteiger partial charge in [-0.15, -0.1) is 0 Å². The Balaban J connectivity index is 1.71. The topological polar surface area (TPSA) is 83.8 Å². The van der Waals surface area contributed by atoms with Crippen molar-refractivity contribution < 1.29 is 13.6 Å². The Morgan fingerprint density at radius 3 is 2.83 bits per heavy atom. The largest absolute Gasteiger partial charge is 0.349 e. The lowest BCUT2D eigenvalue weighted by Crippen LogP contribution is -2.32. The first-order chi connectivity index (χ1) is 11.5. The van der Waals surface area contributed by atoms with Crippen LogP contribution in [0, 0.1) is 11.6 Å². The molecule has 4 N–H and O–H groups in total. The number of carbonyl (C=O) groups is 1. The number of benzene rings is 1. The number of H-pyrrole nitrogens is 1. The van der Waals surface area contributed by atoms with Crippen molar-refractivity contribution in [1.82, 2.24) is 15.3 Å². The van der Waals surface area contributed by atoms with E-state index in [0.717, 1.165) is 17.5 Å². The molecule has 0 aliphatic heterocycles. The highest BCUT2D eigenvalue weighted by Crippen LogP contribution is 2.21. The van der Waals surface area contributed by atoms with Crippen LogP contribution in [-0.2, 0) is 0 Å². The zero-order chi connectivity index (χ0) is 17.3. The van der Waals surface area contributed by atoms with Crippen LogP contribution in [0.15, 0.2) is 36.5 Å². The molecule has 0 radical (unpaired) electrons. The molecule has 0 saturated carbocycles. The number of pyridine rings is 1. The molecular formula is C16H13ClF2N4O. The molecule has 0 saturated heterocycles. The highest BCUT2D eigenvalue weighted by atomic mass is 35.5. The number of nitrogens with zero attached hydrogens (tertiary/aromatic N) is 1. The van der Waals surface area contributed by atoms with Gasteiger partial charge < -0.3 is 16.0 Å². The molecule has 1 amide bonds. The van der Waals surface area contributed by atoms with Gasteiger partial charge >= 0.3 is 0 Å². The molecule has 2 aromatic heterocycles. The van der Waals surface area contributed by atoms with Crippen molar-refractivity contribution in [1.29, 1.82) is 0 Å². The van der Waals surface area contributed by atoms with Crippen molar-refractivity contribution in [2.45, 2.75) is 6.04 Å². The van der Waals surface area contributed by atoms with Gasteiger partial charge in [-0.3, -0.25) is 4.79 Å². The van der Waals surface area contributed by atoms with Gasteiger partial charge in [0.1, 0.15) is 17.3 Å². The first-order valence-electron chi connectivity index (χ1n) is 7.07. The van der Waals surface area contributed by atoms with E-state index in [0.29, 0.717) is 5.52 Å². The highest BCUT2D eigenvalue weighted by Gasteiger charge is 2.16. The Bertz CT molecular complexity index is 912. The second-order valence-electron chi connectivity index (χ2n) is 5.23. The predicted molar refractivity (Wildman–Crippen MR) is 86.7 cm³/mol. The maximum absolute atomic E-state index is 13.7. The summed E-state index contributed by atoms with van der Waals surface area (Å²) in [6, 6.07) is 5.67. The van der Waals surface area contributed by atoms with Gasteiger partial charge in [0.25, 0.3) is 5.91 Å². The minimum atomic E-state index is -0.802. The number of aromatic nitrogens is 2. The number of aromatic amines is 1. The van der Waals surface area contributed by atoms with E-state index < -0.39 is 23.6 Å². The third kappa shape index (κ3) is 3.22. The van der Waals surface area contributed by atoms with Crippen LogP contribution in [0.2, 0.25) is 5.15 Å². The molecule has 0 aliphatic carbocycles. The van der Waals surface area contributed by atoms with Gasteiger partial charge in [0.05, 0.1) is 11.6 Å². The van der Waals surface area contributed by atoms with Crippen LogP contribution in [0.5, 0.6) is 0 Å². The van der Waals surface area contributed by atoms with Gasteiger partial charge in [0.15, 0.2) is 5.15 Å². The number of halogens is 3. The average molecular weight is 351 g/mol. The van der Waals surface area contributed by atoms with Gasteiger partial charge in [0, 0.05) is 29.8 Å². The third-order valence-corrected chi connectivity index (χ3v) is 3.87. The van der Waals surface area contributed by atoms with Crippen molar-refractivity contribution in [3.8, 4) is 0 Å². The SMILES string of the molecule is NC(CNC(=O)c1cc2ccnc(Cl)c2[nH]1)c1ccc(F)cc1F. The lowest BCUT2D eigenvalue weighted by atomic mass is 10.1.